The number of benzene rings is 2. The molecule has 6 nitrogen and oxygen atoms in total. The van der Waals surface area contributed by atoms with Crippen LogP contribution in [0.3, 0.4) is 0 Å². The summed E-state index contributed by atoms with van der Waals surface area (Å²) < 4.78 is 12.1. The summed E-state index contributed by atoms with van der Waals surface area (Å²) in [6, 6.07) is 15.5. The molecule has 2 heterocycles. The first-order valence-electron chi connectivity index (χ1n) is 15.7. The first kappa shape index (κ1) is 27.9. The lowest BCUT2D eigenvalue weighted by molar-refractivity contribution is -0.135. The molecule has 0 amide bonds. The second kappa shape index (κ2) is 10.7. The van der Waals surface area contributed by atoms with E-state index >= 15 is 0 Å². The Labute approximate surface area is 252 Å². The SMILES string of the molecule is CCCC=C1OC(=O)C2=C(c3cc(O)ccc3-c3ccccc3)C3CCC12C1C2=C(CCC31)C(=CCC(C)CO)OC2=O. The Morgan fingerprint density at radius 1 is 1.00 bits per heavy atom. The summed E-state index contributed by atoms with van der Waals surface area (Å²) in [4.78, 5) is 27.8. The number of rotatable bonds is 7. The third kappa shape index (κ3) is 4.17. The number of esters is 2. The molecule has 4 aliphatic carbocycles. The van der Waals surface area contributed by atoms with Crippen molar-refractivity contribution < 1.29 is 29.3 Å². The van der Waals surface area contributed by atoms with Crippen LogP contribution < -0.4 is 0 Å². The summed E-state index contributed by atoms with van der Waals surface area (Å²) in [7, 11) is 0. The monoisotopic (exact) mass is 578 g/mol. The van der Waals surface area contributed by atoms with Crippen molar-refractivity contribution in [3.63, 3.8) is 0 Å². The van der Waals surface area contributed by atoms with E-state index in [4.69, 9.17) is 9.47 Å². The molecule has 2 bridgehead atoms. The van der Waals surface area contributed by atoms with Gasteiger partial charge in [0.25, 0.3) is 0 Å². The zero-order valence-corrected chi connectivity index (χ0v) is 24.8. The van der Waals surface area contributed by atoms with Crippen LogP contribution in [-0.2, 0) is 19.1 Å². The van der Waals surface area contributed by atoms with E-state index in [9.17, 15) is 19.8 Å². The molecule has 2 N–H and O–H groups in total. The highest BCUT2D eigenvalue weighted by Crippen LogP contribution is 2.72. The van der Waals surface area contributed by atoms with Crippen LogP contribution in [0.5, 0.6) is 5.75 Å². The number of hydrogen-bond acceptors (Lipinski definition) is 6. The quantitative estimate of drug-likeness (QED) is 0.336. The molecule has 1 saturated carbocycles. The second-order valence-corrected chi connectivity index (χ2v) is 12.8. The molecule has 2 aromatic rings. The molecule has 0 radical (unpaired) electrons. The highest BCUT2D eigenvalue weighted by molar-refractivity contribution is 6.07. The van der Waals surface area contributed by atoms with Crippen molar-refractivity contribution in [3.8, 4) is 16.9 Å². The Hall–Kier alpha value is -3.90. The first-order chi connectivity index (χ1) is 20.9. The number of carbonyl (C=O) groups excluding carboxylic acids is 2. The molecule has 6 heteroatoms. The molecule has 8 rings (SSSR count). The van der Waals surface area contributed by atoms with E-state index in [2.05, 4.69) is 25.1 Å². The Balaban J connectivity index is 1.47. The van der Waals surface area contributed by atoms with E-state index < -0.39 is 5.41 Å². The van der Waals surface area contributed by atoms with Crippen LogP contribution >= 0.6 is 0 Å². The zero-order valence-electron chi connectivity index (χ0n) is 24.8. The number of cyclic esters (lactones) is 2. The summed E-state index contributed by atoms with van der Waals surface area (Å²) in [5.41, 5.74) is 5.39. The number of phenols is 1. The third-order valence-corrected chi connectivity index (χ3v) is 10.4. The van der Waals surface area contributed by atoms with Gasteiger partial charge in [0.05, 0.1) is 11.0 Å². The minimum atomic E-state index is -0.756. The summed E-state index contributed by atoms with van der Waals surface area (Å²) in [5.74, 6) is 0.812. The number of fused-ring (bicyclic) bond motifs is 1. The number of hydrogen-bond donors (Lipinski definition) is 2. The van der Waals surface area contributed by atoms with Crippen LogP contribution in [0.15, 0.2) is 88.9 Å². The van der Waals surface area contributed by atoms with Crippen molar-refractivity contribution >= 4 is 17.5 Å². The van der Waals surface area contributed by atoms with Crippen molar-refractivity contribution in [1.82, 2.24) is 0 Å². The lowest BCUT2D eigenvalue weighted by Gasteiger charge is -2.56. The van der Waals surface area contributed by atoms with Gasteiger partial charge in [-0.1, -0.05) is 56.7 Å². The molecule has 2 aliphatic heterocycles. The minimum Gasteiger partial charge on any atom is -0.508 e. The molecule has 1 spiro atoms. The van der Waals surface area contributed by atoms with Crippen molar-refractivity contribution in [2.24, 2.45) is 29.1 Å². The van der Waals surface area contributed by atoms with Gasteiger partial charge in [-0.05, 0) is 103 Å². The second-order valence-electron chi connectivity index (χ2n) is 12.8. The van der Waals surface area contributed by atoms with E-state index in [1.165, 1.54) is 0 Å². The van der Waals surface area contributed by atoms with Gasteiger partial charge in [-0.15, -0.1) is 0 Å². The van der Waals surface area contributed by atoms with Crippen LogP contribution in [-0.4, -0.2) is 28.8 Å². The maximum atomic E-state index is 14.1. The van der Waals surface area contributed by atoms with Crippen molar-refractivity contribution in [1.29, 1.82) is 0 Å². The molecule has 6 aliphatic rings. The number of aromatic hydroxyl groups is 1. The third-order valence-electron chi connectivity index (χ3n) is 10.4. The molecular formula is C37H38O6. The average molecular weight is 579 g/mol. The molecule has 2 fully saturated rings. The molecule has 5 unspecified atom stereocenters. The fourth-order valence-corrected chi connectivity index (χ4v) is 8.54. The highest BCUT2D eigenvalue weighted by atomic mass is 16.5. The number of allylic oxidation sites excluding steroid dienone is 5. The number of aliphatic hydroxyl groups excluding tert-OH is 1. The normalized spacial score (nSPS) is 30.0. The number of phenolic OH excluding ortho intramolecular Hbond substituents is 1. The fraction of sp³-hybridized carbons (Fsp3) is 0.405. The van der Waals surface area contributed by atoms with Crippen molar-refractivity contribution in [2.75, 3.05) is 6.61 Å². The van der Waals surface area contributed by atoms with E-state index in [0.29, 0.717) is 29.1 Å². The number of carbonyl (C=O) groups is 2. The molecule has 2 aromatic carbocycles. The summed E-state index contributed by atoms with van der Waals surface area (Å²) >= 11 is 0. The predicted molar refractivity (Wildman–Crippen MR) is 163 cm³/mol. The van der Waals surface area contributed by atoms with E-state index in [1.54, 1.807) is 12.1 Å². The van der Waals surface area contributed by atoms with Gasteiger partial charge in [-0.25, -0.2) is 9.59 Å². The van der Waals surface area contributed by atoms with Crippen molar-refractivity contribution in [3.05, 3.63) is 94.5 Å². The van der Waals surface area contributed by atoms with E-state index in [1.807, 2.05) is 37.3 Å². The molecule has 222 valence electrons. The topological polar surface area (TPSA) is 93.1 Å². The minimum absolute atomic E-state index is 0.0357. The molecule has 1 saturated heterocycles. The fourth-order valence-electron chi connectivity index (χ4n) is 8.54. The smallest absolute Gasteiger partial charge is 0.340 e. The van der Waals surface area contributed by atoms with Gasteiger partial charge in [0, 0.05) is 23.7 Å². The largest absolute Gasteiger partial charge is 0.508 e. The van der Waals surface area contributed by atoms with Crippen LogP contribution in [0, 0.1) is 29.1 Å². The molecule has 5 atom stereocenters. The summed E-state index contributed by atoms with van der Waals surface area (Å²) in [5, 5.41) is 20.3. The lowest BCUT2D eigenvalue weighted by Crippen LogP contribution is -2.52. The van der Waals surface area contributed by atoms with Gasteiger partial charge in [-0.3, -0.25) is 0 Å². The molecule has 43 heavy (non-hydrogen) atoms. The number of unbranched alkanes of at least 4 members (excludes halogenated alkanes) is 1. The zero-order chi connectivity index (χ0) is 29.9. The number of aliphatic hydroxyl groups is 1. The highest BCUT2D eigenvalue weighted by Gasteiger charge is 2.68. The average Bonchev–Trinajstić information content (AvgIpc) is 3.52. The van der Waals surface area contributed by atoms with Gasteiger partial charge in [0.2, 0.25) is 0 Å². The van der Waals surface area contributed by atoms with Crippen LogP contribution in [0.1, 0.15) is 64.4 Å². The van der Waals surface area contributed by atoms with Crippen molar-refractivity contribution in [2.45, 2.75) is 58.8 Å². The summed E-state index contributed by atoms with van der Waals surface area (Å²) in [6.07, 6.45) is 9.52. The van der Waals surface area contributed by atoms with E-state index in [0.717, 1.165) is 66.4 Å². The molecule has 0 aromatic heterocycles. The van der Waals surface area contributed by atoms with Crippen LogP contribution in [0.4, 0.5) is 0 Å². The summed E-state index contributed by atoms with van der Waals surface area (Å²) in [6.45, 7) is 4.14. The van der Waals surface area contributed by atoms with E-state index in [-0.39, 0.29) is 48.0 Å². The number of ether oxygens (including phenoxy) is 2. The Kier molecular flexibility index (Phi) is 6.93. The van der Waals surface area contributed by atoms with Crippen LogP contribution in [0.25, 0.3) is 16.7 Å². The maximum Gasteiger partial charge on any atom is 0.340 e. The van der Waals surface area contributed by atoms with Gasteiger partial charge in [0.1, 0.15) is 17.3 Å². The van der Waals surface area contributed by atoms with Crippen LogP contribution in [0.2, 0.25) is 0 Å². The van der Waals surface area contributed by atoms with Gasteiger partial charge >= 0.3 is 11.9 Å². The molecular weight excluding hydrogens is 540 g/mol. The van der Waals surface area contributed by atoms with Gasteiger partial charge in [0.15, 0.2) is 0 Å². The lowest BCUT2D eigenvalue weighted by atomic mass is 9.44. The Morgan fingerprint density at radius 2 is 1.81 bits per heavy atom. The van der Waals surface area contributed by atoms with Gasteiger partial charge < -0.3 is 19.7 Å². The Bertz CT molecular complexity index is 1630. The standard InChI is InChI=1S/C37H38O6/c1-3-4-10-30-37-18-17-25(26-14-15-27-29(16-11-21(2)20-38)42-35(40)32(27)33(26)37)31(34(37)36(41)43-30)28-19-23(39)12-13-24(28)22-8-6-5-7-9-22/h5-10,12-13,16,19,21,25-26,33,38-39H,3-4,11,14-15,17-18,20H2,1-2H3. The Morgan fingerprint density at radius 3 is 2.58 bits per heavy atom. The maximum absolute atomic E-state index is 14.1. The predicted octanol–water partition coefficient (Wildman–Crippen LogP) is 7.25. The first-order valence-corrected chi connectivity index (χ1v) is 15.7. The van der Waals surface area contributed by atoms with Gasteiger partial charge in [-0.2, -0.15) is 0 Å².